The smallest absolute Gasteiger partial charge is 0.396 e. The molecule has 0 fully saturated rings. The fourth-order valence-corrected chi connectivity index (χ4v) is 1.90. The molecule has 12 N–H and O–H groups in total. The molecule has 0 spiro atoms. The van der Waals surface area contributed by atoms with Gasteiger partial charge in [-0.15, -0.1) is 0 Å². The number of rotatable bonds is 12. The molecule has 0 bridgehead atoms. The topological polar surface area (TPSA) is 312 Å². The van der Waals surface area contributed by atoms with Crippen molar-refractivity contribution in [2.75, 3.05) is 59.5 Å². The Morgan fingerprint density at radius 3 is 0.806 bits per heavy atom. The predicted octanol–water partition coefficient (Wildman–Crippen LogP) is -4.09. The average molecular weight is 528 g/mol. The normalized spacial score (nSPS) is 13.1. The molecule has 0 aromatic carbocycles. The Hall–Kier alpha value is 0.130. The van der Waals surface area contributed by atoms with Gasteiger partial charge in [0.2, 0.25) is 0 Å². The van der Waals surface area contributed by atoms with E-state index in [9.17, 15) is 13.7 Å². The van der Waals surface area contributed by atoms with E-state index < -0.39 is 86.9 Å². The van der Waals surface area contributed by atoms with Gasteiger partial charge < -0.3 is 60.0 Å². The Balaban J connectivity index is -0.000000416. The van der Waals surface area contributed by atoms with E-state index in [1.165, 1.54) is 0 Å². The summed E-state index contributed by atoms with van der Waals surface area (Å²) in [6, 6.07) is 0. The molecule has 17 nitrogen and oxygen atoms in total. The lowest BCUT2D eigenvalue weighted by atomic mass is 9.93. The van der Waals surface area contributed by atoms with Crippen LogP contribution in [0.1, 0.15) is 0 Å². The van der Waals surface area contributed by atoms with E-state index in [4.69, 9.17) is 60.0 Å². The standard InChI is InChI=1S/2C5H13O7P.CH5O3P/c2*6-1-5(2-7,3-8)4-12-13(9,10)11;1-5(2,3)4/h2*6-8H,1-4H2,(H2,9,10,11);1H3,(H2,2,3,4). The van der Waals surface area contributed by atoms with Gasteiger partial charge in [0.15, 0.2) is 0 Å². The van der Waals surface area contributed by atoms with Crippen molar-refractivity contribution in [2.24, 2.45) is 10.8 Å². The molecule has 0 aliphatic carbocycles. The molecule has 0 amide bonds. The fourth-order valence-electron chi connectivity index (χ4n) is 1.02. The Morgan fingerprint density at radius 1 is 0.548 bits per heavy atom. The summed E-state index contributed by atoms with van der Waals surface area (Å²) in [6.45, 7) is -4.12. The van der Waals surface area contributed by atoms with E-state index in [0.29, 0.717) is 0 Å². The molecular formula is C11H31O17P3. The van der Waals surface area contributed by atoms with Gasteiger partial charge in [0.05, 0.1) is 63.7 Å². The maximum absolute atomic E-state index is 10.3. The largest absolute Gasteiger partial charge is 0.469 e. The molecule has 20 heteroatoms. The summed E-state index contributed by atoms with van der Waals surface area (Å²) in [5, 5.41) is 52.3. The molecule has 0 aliphatic heterocycles. The second-order valence-corrected chi connectivity index (χ2v) is 10.5. The molecule has 0 radical (unpaired) electrons. The van der Waals surface area contributed by atoms with E-state index in [1.54, 1.807) is 0 Å². The van der Waals surface area contributed by atoms with Crippen LogP contribution in [0.3, 0.4) is 0 Å². The highest BCUT2D eigenvalue weighted by molar-refractivity contribution is 7.50. The van der Waals surface area contributed by atoms with Crippen LogP contribution in [-0.2, 0) is 22.7 Å². The van der Waals surface area contributed by atoms with Gasteiger partial charge in [-0.1, -0.05) is 0 Å². The molecule has 0 heterocycles. The molecule has 0 aromatic rings. The van der Waals surface area contributed by atoms with Gasteiger partial charge in [-0.25, -0.2) is 9.13 Å². The lowest BCUT2D eigenvalue weighted by molar-refractivity contribution is -0.0325. The summed E-state index contributed by atoms with van der Waals surface area (Å²) in [7, 11) is -12.9. The molecule has 0 saturated carbocycles. The molecule has 0 rings (SSSR count). The van der Waals surface area contributed by atoms with Crippen LogP contribution in [0, 0.1) is 10.8 Å². The first-order valence-electron chi connectivity index (χ1n) is 7.86. The highest BCUT2D eigenvalue weighted by Crippen LogP contribution is 2.38. The molecule has 0 saturated heterocycles. The lowest BCUT2D eigenvalue weighted by Gasteiger charge is -2.26. The van der Waals surface area contributed by atoms with Crippen LogP contribution in [0.5, 0.6) is 0 Å². The number of hydrogen-bond donors (Lipinski definition) is 12. The molecule has 0 aromatic heterocycles. The summed E-state index contributed by atoms with van der Waals surface area (Å²) < 4.78 is 37.9. The van der Waals surface area contributed by atoms with Crippen LogP contribution in [-0.4, -0.2) is 120 Å². The summed E-state index contributed by atoms with van der Waals surface area (Å²) in [5.41, 5.74) is -2.83. The number of hydrogen-bond acceptors (Lipinski definition) is 11. The number of aliphatic hydroxyl groups excluding tert-OH is 6. The van der Waals surface area contributed by atoms with Crippen molar-refractivity contribution >= 4 is 23.2 Å². The van der Waals surface area contributed by atoms with Crippen molar-refractivity contribution in [1.29, 1.82) is 0 Å². The first kappa shape index (κ1) is 35.7. The van der Waals surface area contributed by atoms with E-state index >= 15 is 0 Å². The van der Waals surface area contributed by atoms with Gasteiger partial charge in [0.25, 0.3) is 0 Å². The lowest BCUT2D eigenvalue weighted by Crippen LogP contribution is -2.38. The number of phosphoric ester groups is 2. The first-order chi connectivity index (χ1) is 13.8. The van der Waals surface area contributed by atoms with Crippen molar-refractivity contribution in [1.82, 2.24) is 0 Å². The van der Waals surface area contributed by atoms with Crippen LogP contribution in [0.15, 0.2) is 0 Å². The third kappa shape index (κ3) is 23.1. The van der Waals surface area contributed by atoms with E-state index in [0.717, 1.165) is 6.66 Å². The van der Waals surface area contributed by atoms with Gasteiger partial charge in [-0.3, -0.25) is 13.6 Å². The van der Waals surface area contributed by atoms with Crippen LogP contribution >= 0.6 is 23.2 Å². The van der Waals surface area contributed by atoms with Crippen molar-refractivity contribution in [3.8, 4) is 0 Å². The van der Waals surface area contributed by atoms with E-state index in [-0.39, 0.29) is 0 Å². The first-order valence-corrected chi connectivity index (χ1v) is 13.0. The van der Waals surface area contributed by atoms with E-state index in [1.807, 2.05) is 0 Å². The highest BCUT2D eigenvalue weighted by atomic mass is 31.2. The second kappa shape index (κ2) is 15.9. The van der Waals surface area contributed by atoms with Gasteiger partial charge in [-0.05, 0) is 0 Å². The third-order valence-corrected chi connectivity index (χ3v) is 4.02. The summed E-state index contributed by atoms with van der Waals surface area (Å²) in [6.07, 6.45) is 0. The predicted molar refractivity (Wildman–Crippen MR) is 101 cm³/mol. The average Bonchev–Trinajstić information content (AvgIpc) is 2.63. The van der Waals surface area contributed by atoms with E-state index in [2.05, 4.69) is 9.05 Å². The molecule has 192 valence electrons. The Bertz CT molecular complexity index is 519. The molecular weight excluding hydrogens is 497 g/mol. The Labute approximate surface area is 177 Å². The van der Waals surface area contributed by atoms with Crippen molar-refractivity contribution in [3.63, 3.8) is 0 Å². The maximum Gasteiger partial charge on any atom is 0.469 e. The van der Waals surface area contributed by atoms with Gasteiger partial charge in [0.1, 0.15) is 0 Å². The minimum atomic E-state index is -4.64. The van der Waals surface area contributed by atoms with Crippen molar-refractivity contribution in [2.45, 2.75) is 0 Å². The highest BCUT2D eigenvalue weighted by Gasteiger charge is 2.32. The number of phosphoric acid groups is 2. The van der Waals surface area contributed by atoms with Gasteiger partial charge in [-0.2, -0.15) is 0 Å². The van der Waals surface area contributed by atoms with Crippen LogP contribution in [0.4, 0.5) is 0 Å². The van der Waals surface area contributed by atoms with Crippen LogP contribution < -0.4 is 0 Å². The summed E-state index contributed by atoms with van der Waals surface area (Å²) >= 11 is 0. The number of aliphatic hydroxyl groups is 6. The maximum atomic E-state index is 10.3. The molecule has 0 atom stereocenters. The third-order valence-electron chi connectivity index (χ3n) is 3.09. The Morgan fingerprint density at radius 2 is 0.710 bits per heavy atom. The van der Waals surface area contributed by atoms with Crippen molar-refractivity contribution in [3.05, 3.63) is 0 Å². The van der Waals surface area contributed by atoms with Gasteiger partial charge >= 0.3 is 23.2 Å². The fraction of sp³-hybridized carbons (Fsp3) is 1.00. The van der Waals surface area contributed by atoms with Crippen molar-refractivity contribution < 1.29 is 82.7 Å². The SMILES string of the molecule is CP(=O)(O)O.O=P(O)(O)OCC(CO)(CO)CO.O=P(O)(O)OCC(CO)(CO)CO. The van der Waals surface area contributed by atoms with Gasteiger partial charge in [0, 0.05) is 6.66 Å². The Kier molecular flexibility index (Phi) is 18.3. The molecule has 31 heavy (non-hydrogen) atoms. The molecule has 0 unspecified atom stereocenters. The molecule has 0 aliphatic rings. The summed E-state index contributed by atoms with van der Waals surface area (Å²) in [4.78, 5) is 48.5. The summed E-state index contributed by atoms with van der Waals surface area (Å²) in [5.74, 6) is 0. The zero-order chi connectivity index (χ0) is 25.6. The minimum Gasteiger partial charge on any atom is -0.396 e. The second-order valence-electron chi connectivity index (χ2n) is 6.31. The zero-order valence-electron chi connectivity index (χ0n) is 16.4. The monoisotopic (exact) mass is 528 g/mol. The minimum absolute atomic E-state index is 0.610. The zero-order valence-corrected chi connectivity index (χ0v) is 19.1. The van der Waals surface area contributed by atoms with Crippen LogP contribution in [0.2, 0.25) is 0 Å². The quantitative estimate of drug-likeness (QED) is 0.107. The van der Waals surface area contributed by atoms with Crippen LogP contribution in [0.25, 0.3) is 0 Å².